The molecule has 19 heavy (non-hydrogen) atoms. The minimum atomic E-state index is -0.467. The Morgan fingerprint density at radius 3 is 2.68 bits per heavy atom. The maximum Gasteiger partial charge on any atom is 0.136 e. The lowest BCUT2D eigenvalue weighted by molar-refractivity contribution is 0.150. The van der Waals surface area contributed by atoms with E-state index in [4.69, 9.17) is 4.74 Å². The molecule has 0 atom stereocenters. The van der Waals surface area contributed by atoms with Gasteiger partial charge >= 0.3 is 0 Å². The smallest absolute Gasteiger partial charge is 0.136 e. The van der Waals surface area contributed by atoms with E-state index in [9.17, 15) is 5.11 Å². The van der Waals surface area contributed by atoms with Crippen LogP contribution in [0.1, 0.15) is 48.8 Å². The lowest BCUT2D eigenvalue weighted by atomic mass is 9.95. The monoisotopic (exact) mass is 324 g/mol. The first-order valence-electron chi connectivity index (χ1n) is 7.22. The summed E-state index contributed by atoms with van der Waals surface area (Å²) in [7, 11) is 1.73. The highest BCUT2D eigenvalue weighted by Crippen LogP contribution is 2.44. The van der Waals surface area contributed by atoms with Gasteiger partial charge in [0.25, 0.3) is 0 Å². The van der Waals surface area contributed by atoms with Gasteiger partial charge in [0, 0.05) is 6.42 Å². The Kier molecular flexibility index (Phi) is 3.61. The van der Waals surface area contributed by atoms with Crippen molar-refractivity contribution >= 4 is 15.9 Å². The number of fused-ring (bicyclic) bond motifs is 1. The van der Waals surface area contributed by atoms with Gasteiger partial charge in [0.05, 0.1) is 17.2 Å². The number of rotatable bonds is 3. The lowest BCUT2D eigenvalue weighted by Crippen LogP contribution is -2.13. The molecule has 0 aromatic heterocycles. The molecule has 0 bridgehead atoms. The Morgan fingerprint density at radius 2 is 2.00 bits per heavy atom. The molecule has 0 heterocycles. The standard InChI is InChI=1S/C16H21BrO2/c1-19-15-12(10-16(18)7-8-16)9-11-5-3-2-4-6-13(11)14(15)17/h9,18H,2-8,10H2,1H3. The van der Waals surface area contributed by atoms with E-state index in [1.807, 2.05) is 0 Å². The molecule has 1 aromatic carbocycles. The fourth-order valence-corrected chi connectivity index (χ4v) is 3.97. The van der Waals surface area contributed by atoms with Gasteiger partial charge in [-0.05, 0) is 71.1 Å². The van der Waals surface area contributed by atoms with Gasteiger partial charge in [-0.2, -0.15) is 0 Å². The zero-order valence-corrected chi connectivity index (χ0v) is 13.1. The Hall–Kier alpha value is -0.540. The van der Waals surface area contributed by atoms with E-state index in [-0.39, 0.29) is 0 Å². The molecule has 2 nitrogen and oxygen atoms in total. The molecule has 3 heteroatoms. The first-order valence-corrected chi connectivity index (χ1v) is 8.02. The molecule has 3 rings (SSSR count). The molecule has 1 N–H and O–H groups in total. The predicted octanol–water partition coefficient (Wildman–Crippen LogP) is 3.79. The van der Waals surface area contributed by atoms with Gasteiger partial charge in [-0.15, -0.1) is 0 Å². The fraction of sp³-hybridized carbons (Fsp3) is 0.625. The maximum absolute atomic E-state index is 10.2. The summed E-state index contributed by atoms with van der Waals surface area (Å²) >= 11 is 3.73. The van der Waals surface area contributed by atoms with Crippen molar-refractivity contribution in [2.24, 2.45) is 0 Å². The van der Waals surface area contributed by atoms with Crippen LogP contribution in [0.25, 0.3) is 0 Å². The highest BCUT2D eigenvalue weighted by atomic mass is 79.9. The van der Waals surface area contributed by atoms with Crippen molar-refractivity contribution in [3.63, 3.8) is 0 Å². The molecule has 2 aliphatic carbocycles. The van der Waals surface area contributed by atoms with Crippen molar-refractivity contribution in [1.29, 1.82) is 0 Å². The van der Waals surface area contributed by atoms with Gasteiger partial charge in [0.1, 0.15) is 5.75 Å². The number of benzene rings is 1. The molecular weight excluding hydrogens is 304 g/mol. The predicted molar refractivity (Wildman–Crippen MR) is 79.8 cm³/mol. The zero-order valence-electron chi connectivity index (χ0n) is 11.5. The SMILES string of the molecule is COc1c(CC2(O)CC2)cc2c(c1Br)CCCCC2. The Balaban J connectivity index is 2.03. The average Bonchev–Trinajstić information content (AvgIpc) is 3.13. The van der Waals surface area contributed by atoms with Crippen LogP contribution >= 0.6 is 15.9 Å². The maximum atomic E-state index is 10.2. The van der Waals surface area contributed by atoms with Crippen LogP contribution in [0.2, 0.25) is 0 Å². The highest BCUT2D eigenvalue weighted by Gasteiger charge is 2.41. The van der Waals surface area contributed by atoms with Gasteiger partial charge in [-0.25, -0.2) is 0 Å². The molecule has 1 saturated carbocycles. The number of ether oxygens (including phenoxy) is 1. The molecule has 2 aliphatic rings. The summed E-state index contributed by atoms with van der Waals surface area (Å²) in [5, 5.41) is 10.2. The molecule has 104 valence electrons. The van der Waals surface area contributed by atoms with Crippen molar-refractivity contribution in [2.45, 2.75) is 57.0 Å². The number of hydrogen-bond donors (Lipinski definition) is 1. The number of aryl methyl sites for hydroxylation is 1. The summed E-state index contributed by atoms with van der Waals surface area (Å²) in [6.45, 7) is 0. The molecule has 0 unspecified atom stereocenters. The minimum Gasteiger partial charge on any atom is -0.495 e. The molecule has 0 amide bonds. The second-order valence-corrected chi connectivity index (χ2v) is 6.78. The van der Waals surface area contributed by atoms with Gasteiger partial charge in [0.15, 0.2) is 0 Å². The van der Waals surface area contributed by atoms with Crippen LogP contribution in [0.5, 0.6) is 5.75 Å². The third kappa shape index (κ3) is 2.68. The van der Waals surface area contributed by atoms with Crippen molar-refractivity contribution in [1.82, 2.24) is 0 Å². The molecular formula is C16H21BrO2. The molecule has 0 saturated heterocycles. The zero-order chi connectivity index (χ0) is 13.5. The van der Waals surface area contributed by atoms with E-state index in [1.165, 1.54) is 30.4 Å². The van der Waals surface area contributed by atoms with Crippen LogP contribution < -0.4 is 4.74 Å². The van der Waals surface area contributed by atoms with E-state index in [0.717, 1.165) is 47.9 Å². The van der Waals surface area contributed by atoms with Crippen molar-refractivity contribution in [3.8, 4) is 5.75 Å². The van der Waals surface area contributed by atoms with Crippen molar-refractivity contribution in [3.05, 3.63) is 27.2 Å². The van der Waals surface area contributed by atoms with Crippen LogP contribution in [0, 0.1) is 0 Å². The van der Waals surface area contributed by atoms with E-state index >= 15 is 0 Å². The van der Waals surface area contributed by atoms with Crippen LogP contribution in [0.4, 0.5) is 0 Å². The third-order valence-electron chi connectivity index (χ3n) is 4.42. The number of hydrogen-bond acceptors (Lipinski definition) is 2. The van der Waals surface area contributed by atoms with Crippen LogP contribution in [-0.2, 0) is 19.3 Å². The summed E-state index contributed by atoms with van der Waals surface area (Å²) in [6, 6.07) is 2.28. The second-order valence-electron chi connectivity index (χ2n) is 5.98. The molecule has 1 aromatic rings. The number of aliphatic hydroxyl groups is 1. The Labute approximate surface area is 123 Å². The van der Waals surface area contributed by atoms with E-state index in [0.29, 0.717) is 0 Å². The topological polar surface area (TPSA) is 29.5 Å². The third-order valence-corrected chi connectivity index (χ3v) is 5.25. The molecule has 0 aliphatic heterocycles. The number of methoxy groups -OCH3 is 1. The Morgan fingerprint density at radius 1 is 1.26 bits per heavy atom. The first-order chi connectivity index (χ1) is 9.13. The van der Waals surface area contributed by atoms with E-state index < -0.39 is 5.60 Å². The van der Waals surface area contributed by atoms with Crippen molar-refractivity contribution in [2.75, 3.05) is 7.11 Å². The largest absolute Gasteiger partial charge is 0.495 e. The average molecular weight is 325 g/mol. The van der Waals surface area contributed by atoms with Gasteiger partial charge in [-0.1, -0.05) is 12.5 Å². The number of halogens is 1. The lowest BCUT2D eigenvalue weighted by Gasteiger charge is -2.18. The molecule has 0 spiro atoms. The summed E-state index contributed by atoms with van der Waals surface area (Å²) < 4.78 is 6.72. The summed E-state index contributed by atoms with van der Waals surface area (Å²) in [5.41, 5.74) is 3.56. The van der Waals surface area contributed by atoms with Crippen LogP contribution in [-0.4, -0.2) is 17.8 Å². The minimum absolute atomic E-state index is 0.467. The summed E-state index contributed by atoms with van der Waals surface area (Å²) in [5.74, 6) is 0.931. The quantitative estimate of drug-likeness (QED) is 0.857. The second kappa shape index (κ2) is 5.10. The normalized spacial score (nSPS) is 20.6. The van der Waals surface area contributed by atoms with Gasteiger partial charge < -0.3 is 9.84 Å². The first kappa shape index (κ1) is 13.4. The molecule has 0 radical (unpaired) electrons. The van der Waals surface area contributed by atoms with Gasteiger partial charge in [0.2, 0.25) is 0 Å². The van der Waals surface area contributed by atoms with Crippen LogP contribution in [0.15, 0.2) is 10.5 Å². The van der Waals surface area contributed by atoms with E-state index in [1.54, 1.807) is 7.11 Å². The molecule has 1 fully saturated rings. The van der Waals surface area contributed by atoms with Crippen molar-refractivity contribution < 1.29 is 9.84 Å². The fourth-order valence-electron chi connectivity index (χ4n) is 3.10. The van der Waals surface area contributed by atoms with E-state index in [2.05, 4.69) is 22.0 Å². The highest BCUT2D eigenvalue weighted by molar-refractivity contribution is 9.10. The van der Waals surface area contributed by atoms with Gasteiger partial charge in [-0.3, -0.25) is 0 Å². The Bertz CT molecular complexity index is 492. The summed E-state index contributed by atoms with van der Waals surface area (Å²) in [6.07, 6.45) is 8.70. The summed E-state index contributed by atoms with van der Waals surface area (Å²) in [4.78, 5) is 0. The van der Waals surface area contributed by atoms with Crippen LogP contribution in [0.3, 0.4) is 0 Å².